The van der Waals surface area contributed by atoms with Gasteiger partial charge < -0.3 is 5.32 Å². The van der Waals surface area contributed by atoms with Gasteiger partial charge in [0.1, 0.15) is 0 Å². The third-order valence-corrected chi connectivity index (χ3v) is 4.38. The summed E-state index contributed by atoms with van der Waals surface area (Å²) in [6, 6.07) is 5.55. The number of aromatic nitrogens is 1. The van der Waals surface area contributed by atoms with E-state index in [0.29, 0.717) is 6.54 Å². The van der Waals surface area contributed by atoms with Gasteiger partial charge in [-0.2, -0.15) is 17.4 Å². The number of pyridine rings is 1. The Hall–Kier alpha value is -1.02. The van der Waals surface area contributed by atoms with Crippen molar-refractivity contribution in [2.75, 3.05) is 26.7 Å². The summed E-state index contributed by atoms with van der Waals surface area (Å²) in [6.45, 7) is 6.32. The van der Waals surface area contributed by atoms with Crippen LogP contribution in [0.3, 0.4) is 0 Å². The Labute approximate surface area is 121 Å². The highest BCUT2D eigenvalue weighted by atomic mass is 32.2. The molecule has 0 aliphatic rings. The Bertz CT molecular complexity index is 505. The molecule has 6 nitrogen and oxygen atoms in total. The monoisotopic (exact) mass is 300 g/mol. The van der Waals surface area contributed by atoms with Crippen LogP contribution >= 0.6 is 0 Å². The summed E-state index contributed by atoms with van der Waals surface area (Å²) in [5.74, 6) is 0. The van der Waals surface area contributed by atoms with Crippen LogP contribution in [0.4, 0.5) is 0 Å². The van der Waals surface area contributed by atoms with Gasteiger partial charge in [-0.3, -0.25) is 4.98 Å². The van der Waals surface area contributed by atoms with Gasteiger partial charge in [0.15, 0.2) is 0 Å². The molecule has 0 aliphatic heterocycles. The summed E-state index contributed by atoms with van der Waals surface area (Å²) in [6.07, 6.45) is 0.786. The van der Waals surface area contributed by atoms with Gasteiger partial charge in [0.2, 0.25) is 0 Å². The van der Waals surface area contributed by atoms with E-state index in [4.69, 9.17) is 0 Å². The van der Waals surface area contributed by atoms with Crippen molar-refractivity contribution in [3.8, 4) is 0 Å². The number of nitrogens with zero attached hydrogens (tertiary/aromatic N) is 2. The Morgan fingerprint density at radius 1 is 1.35 bits per heavy atom. The molecule has 0 saturated heterocycles. The Morgan fingerprint density at radius 3 is 2.75 bits per heavy atom. The minimum Gasteiger partial charge on any atom is -0.317 e. The lowest BCUT2D eigenvalue weighted by molar-refractivity contribution is 0.445. The molecule has 0 atom stereocenters. The molecule has 0 fully saturated rings. The van der Waals surface area contributed by atoms with Crippen molar-refractivity contribution >= 4 is 10.2 Å². The summed E-state index contributed by atoms with van der Waals surface area (Å²) in [7, 11) is -1.86. The van der Waals surface area contributed by atoms with Gasteiger partial charge in [0, 0.05) is 19.3 Å². The zero-order valence-corrected chi connectivity index (χ0v) is 13.2. The Morgan fingerprint density at radius 2 is 2.10 bits per heavy atom. The van der Waals surface area contributed by atoms with E-state index < -0.39 is 10.2 Å². The van der Waals surface area contributed by atoms with Crippen LogP contribution in [-0.4, -0.2) is 44.4 Å². The summed E-state index contributed by atoms with van der Waals surface area (Å²) in [5, 5.41) is 3.17. The minimum atomic E-state index is -3.44. The number of rotatable bonds is 9. The van der Waals surface area contributed by atoms with Gasteiger partial charge in [0.05, 0.1) is 12.2 Å². The van der Waals surface area contributed by atoms with Crippen LogP contribution in [-0.2, 0) is 16.8 Å². The van der Waals surface area contributed by atoms with Crippen molar-refractivity contribution in [3.05, 3.63) is 29.6 Å². The number of hydrogen-bond acceptors (Lipinski definition) is 4. The summed E-state index contributed by atoms with van der Waals surface area (Å²) >= 11 is 0. The van der Waals surface area contributed by atoms with E-state index in [2.05, 4.69) is 15.0 Å². The molecule has 2 N–H and O–H groups in total. The predicted octanol–water partition coefficient (Wildman–Crippen LogP) is 0.656. The van der Waals surface area contributed by atoms with Crippen LogP contribution in [0, 0.1) is 6.92 Å². The largest absolute Gasteiger partial charge is 0.317 e. The SMILES string of the molecule is CCNCCCN(C)S(=O)(=O)NCc1cccc(C)n1. The number of nitrogens with one attached hydrogen (secondary N) is 2. The molecule has 20 heavy (non-hydrogen) atoms. The quantitative estimate of drug-likeness (QED) is 0.657. The zero-order valence-electron chi connectivity index (χ0n) is 12.4. The first kappa shape index (κ1) is 17.0. The van der Waals surface area contributed by atoms with E-state index in [0.717, 1.165) is 30.9 Å². The van der Waals surface area contributed by atoms with Gasteiger partial charge in [-0.05, 0) is 38.6 Å². The highest BCUT2D eigenvalue weighted by molar-refractivity contribution is 7.87. The van der Waals surface area contributed by atoms with Crippen LogP contribution in [0.15, 0.2) is 18.2 Å². The molecule has 0 aromatic carbocycles. The molecule has 1 heterocycles. The predicted molar refractivity (Wildman–Crippen MR) is 80.5 cm³/mol. The average molecular weight is 300 g/mol. The molecule has 1 rings (SSSR count). The lowest BCUT2D eigenvalue weighted by Gasteiger charge is -2.17. The normalized spacial score (nSPS) is 12.0. The fourth-order valence-electron chi connectivity index (χ4n) is 1.70. The van der Waals surface area contributed by atoms with E-state index in [1.165, 1.54) is 4.31 Å². The van der Waals surface area contributed by atoms with Gasteiger partial charge in [0.25, 0.3) is 10.2 Å². The second kappa shape index (κ2) is 8.31. The Kier molecular flexibility index (Phi) is 7.08. The lowest BCUT2D eigenvalue weighted by atomic mass is 10.3. The number of aryl methyl sites for hydroxylation is 1. The molecule has 0 bridgehead atoms. The zero-order chi connectivity index (χ0) is 15.0. The van der Waals surface area contributed by atoms with E-state index >= 15 is 0 Å². The minimum absolute atomic E-state index is 0.210. The second-order valence-electron chi connectivity index (χ2n) is 4.63. The van der Waals surface area contributed by atoms with Crippen LogP contribution in [0.1, 0.15) is 24.7 Å². The van der Waals surface area contributed by atoms with Gasteiger partial charge in [-0.15, -0.1) is 0 Å². The van der Waals surface area contributed by atoms with Crippen molar-refractivity contribution in [1.29, 1.82) is 0 Å². The molecule has 0 amide bonds. The molecule has 114 valence electrons. The molecule has 7 heteroatoms. The maximum Gasteiger partial charge on any atom is 0.279 e. The van der Waals surface area contributed by atoms with E-state index in [-0.39, 0.29) is 6.54 Å². The van der Waals surface area contributed by atoms with Crippen LogP contribution in [0.25, 0.3) is 0 Å². The first-order valence-corrected chi connectivity index (χ1v) is 8.24. The van der Waals surface area contributed by atoms with E-state index in [1.807, 2.05) is 26.0 Å². The smallest absolute Gasteiger partial charge is 0.279 e. The highest BCUT2D eigenvalue weighted by Gasteiger charge is 2.16. The first-order valence-electron chi connectivity index (χ1n) is 6.80. The topological polar surface area (TPSA) is 74.3 Å². The van der Waals surface area contributed by atoms with Crippen LogP contribution in [0.2, 0.25) is 0 Å². The van der Waals surface area contributed by atoms with Crippen LogP contribution in [0.5, 0.6) is 0 Å². The molecule has 0 radical (unpaired) electrons. The summed E-state index contributed by atoms with van der Waals surface area (Å²) in [4.78, 5) is 4.27. The van der Waals surface area contributed by atoms with Crippen molar-refractivity contribution in [2.24, 2.45) is 0 Å². The molecule has 0 saturated carbocycles. The highest BCUT2D eigenvalue weighted by Crippen LogP contribution is 2.01. The standard InChI is InChI=1S/C13H24N4O2S/c1-4-14-9-6-10-17(3)20(18,19)15-11-13-8-5-7-12(2)16-13/h5,7-8,14-15H,4,6,9-11H2,1-3H3. The van der Waals surface area contributed by atoms with Gasteiger partial charge in [-0.25, -0.2) is 0 Å². The summed E-state index contributed by atoms with van der Waals surface area (Å²) < 4.78 is 27.9. The van der Waals surface area contributed by atoms with Crippen molar-refractivity contribution in [3.63, 3.8) is 0 Å². The second-order valence-corrected chi connectivity index (χ2v) is 6.49. The van der Waals surface area contributed by atoms with Gasteiger partial charge in [-0.1, -0.05) is 13.0 Å². The van der Waals surface area contributed by atoms with Crippen LogP contribution < -0.4 is 10.0 Å². The molecule has 1 aromatic heterocycles. The van der Waals surface area contributed by atoms with Gasteiger partial charge >= 0.3 is 0 Å². The maximum absolute atomic E-state index is 12.0. The molecule has 1 aromatic rings. The fraction of sp³-hybridized carbons (Fsp3) is 0.615. The summed E-state index contributed by atoms with van der Waals surface area (Å²) in [5.41, 5.74) is 1.59. The average Bonchev–Trinajstić information content (AvgIpc) is 2.41. The molecular formula is C13H24N4O2S. The van der Waals surface area contributed by atoms with Crippen molar-refractivity contribution in [2.45, 2.75) is 26.8 Å². The van der Waals surface area contributed by atoms with Crippen molar-refractivity contribution in [1.82, 2.24) is 19.3 Å². The van der Waals surface area contributed by atoms with E-state index in [1.54, 1.807) is 13.1 Å². The van der Waals surface area contributed by atoms with E-state index in [9.17, 15) is 8.42 Å². The maximum atomic E-state index is 12.0. The molecule has 0 unspecified atom stereocenters. The Balaban J connectivity index is 2.44. The molecular weight excluding hydrogens is 276 g/mol. The molecule has 0 aliphatic carbocycles. The molecule has 0 spiro atoms. The number of hydrogen-bond donors (Lipinski definition) is 2. The third kappa shape index (κ3) is 5.96. The lowest BCUT2D eigenvalue weighted by Crippen LogP contribution is -2.39. The van der Waals surface area contributed by atoms with Crippen molar-refractivity contribution < 1.29 is 8.42 Å². The fourth-order valence-corrected chi connectivity index (χ4v) is 2.62. The first-order chi connectivity index (χ1) is 9.45. The third-order valence-electron chi connectivity index (χ3n) is 2.87.